The van der Waals surface area contributed by atoms with Gasteiger partial charge in [0.25, 0.3) is 5.56 Å². The standard InChI is InChI=1S/C23H25N3O6.Na/c1-4-23(32,22(30)31)16-8-18-20-12(9-26(18)21(29)15(16)11-27)7-13-14(10-25(2)3)19(28)6-5-17(13)24-20;/h5-8,27-28,32H,4,9-11H2,1-3H3,(H,30,31);/q;+1/p-1. The molecule has 0 fully saturated rings. The summed E-state index contributed by atoms with van der Waals surface area (Å²) >= 11 is 0. The van der Waals surface area contributed by atoms with Crippen molar-refractivity contribution in [1.82, 2.24) is 14.5 Å². The normalized spacial score (nSPS) is 14.0. The van der Waals surface area contributed by atoms with Crippen molar-refractivity contribution < 1.29 is 54.8 Å². The molecule has 3 N–H and O–H groups in total. The zero-order chi connectivity index (χ0) is 23.4. The van der Waals surface area contributed by atoms with Gasteiger partial charge < -0.3 is 34.7 Å². The Morgan fingerprint density at radius 1 is 1.27 bits per heavy atom. The van der Waals surface area contributed by atoms with Crippen LogP contribution in [-0.2, 0) is 30.1 Å². The third-order valence-corrected chi connectivity index (χ3v) is 6.06. The summed E-state index contributed by atoms with van der Waals surface area (Å²) in [4.78, 5) is 31.5. The van der Waals surface area contributed by atoms with Crippen molar-refractivity contribution >= 4 is 16.9 Å². The fourth-order valence-electron chi connectivity index (χ4n) is 4.34. The van der Waals surface area contributed by atoms with Gasteiger partial charge in [0.15, 0.2) is 0 Å². The molecule has 0 saturated carbocycles. The number of hydrogen-bond donors (Lipinski definition) is 3. The van der Waals surface area contributed by atoms with E-state index in [0.29, 0.717) is 29.0 Å². The average Bonchev–Trinajstić information content (AvgIpc) is 3.11. The Balaban J connectivity index is 0.00000306. The number of pyridine rings is 2. The molecule has 3 aromatic rings. The molecule has 3 heterocycles. The third-order valence-electron chi connectivity index (χ3n) is 6.06. The Morgan fingerprint density at radius 2 is 1.97 bits per heavy atom. The predicted molar refractivity (Wildman–Crippen MR) is 115 cm³/mol. The summed E-state index contributed by atoms with van der Waals surface area (Å²) < 4.78 is 1.41. The summed E-state index contributed by atoms with van der Waals surface area (Å²) in [5, 5.41) is 43.4. The van der Waals surface area contributed by atoms with Crippen molar-refractivity contribution in [3.05, 3.63) is 56.9 Å². The number of benzene rings is 1. The number of rotatable bonds is 6. The molecule has 168 valence electrons. The van der Waals surface area contributed by atoms with Crippen LogP contribution < -0.4 is 40.2 Å². The summed E-state index contributed by atoms with van der Waals surface area (Å²) in [7, 11) is 3.78. The molecule has 1 atom stereocenters. The van der Waals surface area contributed by atoms with Crippen LogP contribution in [0.1, 0.15) is 35.6 Å². The van der Waals surface area contributed by atoms with E-state index >= 15 is 0 Å². The molecule has 1 unspecified atom stereocenters. The number of aliphatic hydroxyl groups excluding tert-OH is 1. The van der Waals surface area contributed by atoms with Gasteiger partial charge in [0.05, 0.1) is 36.0 Å². The number of aromatic hydroxyl groups is 1. The Morgan fingerprint density at radius 3 is 2.55 bits per heavy atom. The Labute approximate surface area is 212 Å². The van der Waals surface area contributed by atoms with E-state index in [1.165, 1.54) is 17.6 Å². The first-order valence-electron chi connectivity index (χ1n) is 10.2. The maximum atomic E-state index is 13.1. The zero-order valence-corrected chi connectivity index (χ0v) is 21.0. The van der Waals surface area contributed by atoms with Crippen molar-refractivity contribution in [3.8, 4) is 17.1 Å². The van der Waals surface area contributed by atoms with E-state index in [2.05, 4.69) is 0 Å². The van der Waals surface area contributed by atoms with Gasteiger partial charge in [0, 0.05) is 34.2 Å². The van der Waals surface area contributed by atoms with Gasteiger partial charge >= 0.3 is 29.6 Å². The monoisotopic (exact) mass is 461 g/mol. The summed E-state index contributed by atoms with van der Waals surface area (Å²) in [5.74, 6) is -1.60. The van der Waals surface area contributed by atoms with Crippen LogP contribution in [-0.4, -0.2) is 49.8 Å². The van der Waals surface area contributed by atoms with Crippen LogP contribution in [0.4, 0.5) is 0 Å². The van der Waals surface area contributed by atoms with Crippen molar-refractivity contribution in [2.75, 3.05) is 14.1 Å². The molecule has 4 rings (SSSR count). The number of hydrogen-bond acceptors (Lipinski definition) is 8. The van der Waals surface area contributed by atoms with Gasteiger partial charge in [0.2, 0.25) is 0 Å². The first-order chi connectivity index (χ1) is 15.1. The summed E-state index contributed by atoms with van der Waals surface area (Å²) in [6.07, 6.45) is -0.240. The van der Waals surface area contributed by atoms with Crippen LogP contribution in [0.3, 0.4) is 0 Å². The fourth-order valence-corrected chi connectivity index (χ4v) is 4.34. The van der Waals surface area contributed by atoms with E-state index in [4.69, 9.17) is 4.98 Å². The molecular weight excluding hydrogens is 437 g/mol. The topological polar surface area (TPSA) is 139 Å². The summed E-state index contributed by atoms with van der Waals surface area (Å²) in [6.45, 7) is 1.40. The van der Waals surface area contributed by atoms with Gasteiger partial charge in [-0.2, -0.15) is 0 Å². The smallest absolute Gasteiger partial charge is 0.547 e. The first-order valence-corrected chi connectivity index (χ1v) is 10.2. The number of aromatic nitrogens is 2. The molecule has 9 nitrogen and oxygen atoms in total. The number of phenols is 1. The van der Waals surface area contributed by atoms with Gasteiger partial charge in [0.1, 0.15) is 11.4 Å². The molecule has 0 saturated heterocycles. The van der Waals surface area contributed by atoms with Crippen LogP contribution in [0.2, 0.25) is 0 Å². The minimum Gasteiger partial charge on any atom is -0.547 e. The van der Waals surface area contributed by atoms with Crippen LogP contribution in [0.15, 0.2) is 29.1 Å². The Bertz CT molecular complexity index is 1320. The minimum atomic E-state index is -2.42. The number of phenolic OH excluding ortho intramolecular Hbond substituents is 1. The van der Waals surface area contributed by atoms with Crippen molar-refractivity contribution in [2.24, 2.45) is 0 Å². The zero-order valence-electron chi connectivity index (χ0n) is 19.0. The molecule has 0 aliphatic carbocycles. The Hall–Kier alpha value is -2.27. The quantitative estimate of drug-likeness (QED) is 0.259. The number of carboxylic acids is 1. The van der Waals surface area contributed by atoms with E-state index in [9.17, 15) is 30.0 Å². The molecule has 0 radical (unpaired) electrons. The third kappa shape index (κ3) is 3.99. The maximum Gasteiger partial charge on any atom is 1.00 e. The van der Waals surface area contributed by atoms with Crippen molar-refractivity contribution in [3.63, 3.8) is 0 Å². The second-order valence-electron chi connectivity index (χ2n) is 8.34. The molecule has 33 heavy (non-hydrogen) atoms. The molecular formula is C23H24N3NaO6. The number of carbonyl (C=O) groups is 1. The molecule has 10 heteroatoms. The number of aliphatic carboxylic acids is 1. The van der Waals surface area contributed by atoms with Gasteiger partial charge in [-0.05, 0) is 44.8 Å². The van der Waals surface area contributed by atoms with Crippen LogP contribution in [0.25, 0.3) is 22.3 Å². The van der Waals surface area contributed by atoms with E-state index in [1.54, 1.807) is 12.1 Å². The second-order valence-corrected chi connectivity index (χ2v) is 8.34. The number of carboxylic acid groups (broad SMARTS) is 1. The number of fused-ring (bicyclic) bond motifs is 4. The molecule has 0 amide bonds. The second kappa shape index (κ2) is 9.17. The Kier molecular flexibility index (Phi) is 7.05. The van der Waals surface area contributed by atoms with Gasteiger partial charge in [-0.3, -0.25) is 4.79 Å². The number of carbonyl (C=O) groups excluding carboxylic acids is 1. The SMILES string of the molecule is CCC(O)(C(=O)[O-])c1cc2n(c(=O)c1CO)Cc1cc3c(CN(C)C)c(O)ccc3nc1-2.[Na+]. The van der Waals surface area contributed by atoms with E-state index in [1.807, 2.05) is 25.1 Å². The van der Waals surface area contributed by atoms with E-state index in [0.717, 1.165) is 10.9 Å². The van der Waals surface area contributed by atoms with Gasteiger partial charge in [-0.25, -0.2) is 4.98 Å². The molecule has 0 spiro atoms. The number of nitrogens with zero attached hydrogens (tertiary/aromatic N) is 3. The summed E-state index contributed by atoms with van der Waals surface area (Å²) in [6, 6.07) is 6.51. The van der Waals surface area contributed by atoms with Gasteiger partial charge in [-0.15, -0.1) is 0 Å². The van der Waals surface area contributed by atoms with Crippen LogP contribution in [0.5, 0.6) is 5.75 Å². The minimum absolute atomic E-state index is 0. The average molecular weight is 461 g/mol. The number of aliphatic hydroxyl groups is 2. The van der Waals surface area contributed by atoms with Crippen LogP contribution >= 0.6 is 0 Å². The molecule has 0 bridgehead atoms. The van der Waals surface area contributed by atoms with Gasteiger partial charge in [-0.1, -0.05) is 6.92 Å². The fraction of sp³-hybridized carbons (Fsp3) is 0.348. The van der Waals surface area contributed by atoms with Crippen LogP contribution in [0, 0.1) is 0 Å². The maximum absolute atomic E-state index is 13.1. The summed E-state index contributed by atoms with van der Waals surface area (Å²) in [5.41, 5.74) is -0.512. The van der Waals surface area contributed by atoms with Crippen molar-refractivity contribution in [1.29, 1.82) is 0 Å². The first kappa shape index (κ1) is 25.4. The molecule has 1 aromatic carbocycles. The van der Waals surface area contributed by atoms with Crippen molar-refractivity contribution in [2.45, 2.75) is 38.6 Å². The molecule has 1 aliphatic rings. The van der Waals surface area contributed by atoms with E-state index in [-0.39, 0.29) is 59.4 Å². The molecule has 1 aliphatic heterocycles. The van der Waals surface area contributed by atoms with E-state index < -0.39 is 23.7 Å². The predicted octanol–water partition coefficient (Wildman–Crippen LogP) is -2.96. The molecule has 2 aromatic heterocycles. The largest absolute Gasteiger partial charge is 1.00 e.